The van der Waals surface area contributed by atoms with E-state index in [0.717, 1.165) is 34.3 Å². The van der Waals surface area contributed by atoms with Gasteiger partial charge in [0.2, 0.25) is 0 Å². The lowest BCUT2D eigenvalue weighted by atomic mass is 10.0. The molecule has 1 N–H and O–H groups in total. The summed E-state index contributed by atoms with van der Waals surface area (Å²) >= 11 is 7.90. The molecule has 3 aromatic rings. The highest BCUT2D eigenvalue weighted by molar-refractivity contribution is 8.00. The zero-order valence-corrected chi connectivity index (χ0v) is 17.5. The molecule has 4 nitrogen and oxygen atoms in total. The maximum Gasteiger partial charge on any atom is 0.275 e. The standard InChI is InChI=1S/C23H20ClN2O2S/c1-28-19-12-10-18(11-13-19)26-22-14-29-21-5-3-2-4-20(21)25(22)15-23(26,27)16-6-8-17(24)9-7-16/h2-13,27H,14-15H2,1H3/q+1. The first-order chi connectivity index (χ1) is 14.1. The molecule has 1 atom stereocenters. The van der Waals surface area contributed by atoms with E-state index < -0.39 is 5.72 Å². The highest BCUT2D eigenvalue weighted by Gasteiger charge is 2.55. The van der Waals surface area contributed by atoms with Crippen molar-refractivity contribution in [3.05, 3.63) is 83.4 Å². The number of anilines is 1. The van der Waals surface area contributed by atoms with Crippen molar-refractivity contribution < 1.29 is 14.4 Å². The number of benzene rings is 3. The van der Waals surface area contributed by atoms with Gasteiger partial charge in [0.15, 0.2) is 6.54 Å². The van der Waals surface area contributed by atoms with Gasteiger partial charge in [0.25, 0.3) is 11.6 Å². The zero-order valence-electron chi connectivity index (χ0n) is 15.9. The number of halogens is 1. The third-order valence-corrected chi connectivity index (χ3v) is 6.78. The molecule has 0 amide bonds. The number of amidine groups is 1. The van der Waals surface area contributed by atoms with Gasteiger partial charge in [0.1, 0.15) is 22.9 Å². The van der Waals surface area contributed by atoms with Gasteiger partial charge >= 0.3 is 0 Å². The van der Waals surface area contributed by atoms with Crippen LogP contribution in [0, 0.1) is 0 Å². The van der Waals surface area contributed by atoms with Crippen LogP contribution in [-0.4, -0.2) is 34.9 Å². The molecule has 0 spiro atoms. The van der Waals surface area contributed by atoms with Crippen LogP contribution in [0.4, 0.5) is 11.4 Å². The predicted octanol–water partition coefficient (Wildman–Crippen LogP) is 4.86. The monoisotopic (exact) mass is 423 g/mol. The predicted molar refractivity (Wildman–Crippen MR) is 118 cm³/mol. The summed E-state index contributed by atoms with van der Waals surface area (Å²) in [5.41, 5.74) is 1.64. The molecule has 0 fully saturated rings. The number of ether oxygens (including phenoxy) is 1. The van der Waals surface area contributed by atoms with Gasteiger partial charge in [-0.3, -0.25) is 0 Å². The van der Waals surface area contributed by atoms with Crippen molar-refractivity contribution in [3.63, 3.8) is 0 Å². The fourth-order valence-electron chi connectivity index (χ4n) is 4.06. The molecule has 0 aromatic heterocycles. The van der Waals surface area contributed by atoms with Crippen molar-refractivity contribution in [2.24, 2.45) is 0 Å². The lowest BCUT2D eigenvalue weighted by Crippen LogP contribution is -2.47. The molecule has 0 aliphatic carbocycles. The van der Waals surface area contributed by atoms with Crippen LogP contribution in [0.15, 0.2) is 77.7 Å². The summed E-state index contributed by atoms with van der Waals surface area (Å²) in [6, 6.07) is 23.6. The average Bonchev–Trinajstić information content (AvgIpc) is 3.08. The number of aliphatic hydroxyl groups is 1. The molecule has 0 bridgehead atoms. The van der Waals surface area contributed by atoms with Crippen LogP contribution in [0.25, 0.3) is 0 Å². The molecule has 1 unspecified atom stereocenters. The van der Waals surface area contributed by atoms with Crippen molar-refractivity contribution >= 4 is 40.6 Å². The highest BCUT2D eigenvalue weighted by Crippen LogP contribution is 2.44. The second-order valence-electron chi connectivity index (χ2n) is 7.12. The summed E-state index contributed by atoms with van der Waals surface area (Å²) in [7, 11) is 1.65. The average molecular weight is 424 g/mol. The lowest BCUT2D eigenvalue weighted by Gasteiger charge is -2.28. The molecule has 2 aliphatic rings. The second kappa shape index (κ2) is 7.10. The van der Waals surface area contributed by atoms with Crippen molar-refractivity contribution in [3.8, 4) is 5.75 Å². The van der Waals surface area contributed by atoms with E-state index in [0.29, 0.717) is 11.6 Å². The molecule has 5 rings (SSSR count). The number of thioether (sulfide) groups is 1. The third kappa shape index (κ3) is 3.01. The largest absolute Gasteiger partial charge is 0.497 e. The van der Waals surface area contributed by atoms with Crippen LogP contribution in [0.3, 0.4) is 0 Å². The summed E-state index contributed by atoms with van der Waals surface area (Å²) in [4.78, 5) is 3.27. The Balaban J connectivity index is 1.68. The van der Waals surface area contributed by atoms with Crippen LogP contribution in [0.5, 0.6) is 5.75 Å². The summed E-state index contributed by atoms with van der Waals surface area (Å²) in [6.45, 7) is 0.438. The van der Waals surface area contributed by atoms with E-state index in [1.807, 2.05) is 59.5 Å². The van der Waals surface area contributed by atoms with Gasteiger partial charge in [0.05, 0.1) is 12.0 Å². The van der Waals surface area contributed by atoms with Gasteiger partial charge < -0.3 is 9.84 Å². The highest BCUT2D eigenvalue weighted by atomic mass is 35.5. The molecule has 0 saturated heterocycles. The van der Waals surface area contributed by atoms with Crippen molar-refractivity contribution in [1.29, 1.82) is 0 Å². The Kier molecular flexibility index (Phi) is 4.54. The smallest absolute Gasteiger partial charge is 0.275 e. The minimum atomic E-state index is -1.22. The fourth-order valence-corrected chi connectivity index (χ4v) is 5.26. The van der Waals surface area contributed by atoms with Crippen LogP contribution in [0.1, 0.15) is 5.56 Å². The van der Waals surface area contributed by atoms with Crippen molar-refractivity contribution in [2.45, 2.75) is 10.6 Å². The van der Waals surface area contributed by atoms with Gasteiger partial charge in [-0.1, -0.05) is 35.9 Å². The van der Waals surface area contributed by atoms with Gasteiger partial charge in [-0.15, -0.1) is 11.8 Å². The Morgan fingerprint density at radius 3 is 2.48 bits per heavy atom. The SMILES string of the molecule is COc1ccc(N2C3=[N+](CC2(O)c2ccc(Cl)cc2)c2ccccc2SC3)cc1. The van der Waals surface area contributed by atoms with Crippen molar-refractivity contribution in [2.75, 3.05) is 24.3 Å². The number of hydrogen-bond donors (Lipinski definition) is 1. The van der Waals surface area contributed by atoms with Gasteiger partial charge in [-0.25, -0.2) is 4.58 Å². The zero-order chi connectivity index (χ0) is 20.0. The van der Waals surface area contributed by atoms with Crippen LogP contribution in [-0.2, 0) is 5.72 Å². The van der Waals surface area contributed by atoms with E-state index in [4.69, 9.17) is 16.3 Å². The molecular formula is C23H20ClN2O2S+. The Bertz CT molecular complexity index is 1100. The molecule has 0 radical (unpaired) electrons. The molecule has 6 heteroatoms. The molecular weight excluding hydrogens is 404 g/mol. The van der Waals surface area contributed by atoms with Crippen LogP contribution in [0.2, 0.25) is 5.02 Å². The summed E-state index contributed by atoms with van der Waals surface area (Å²) < 4.78 is 7.54. The number of para-hydroxylation sites is 1. The summed E-state index contributed by atoms with van der Waals surface area (Å²) in [6.07, 6.45) is 0. The number of nitrogens with zero attached hydrogens (tertiary/aromatic N) is 2. The minimum absolute atomic E-state index is 0.438. The van der Waals surface area contributed by atoms with Crippen LogP contribution >= 0.6 is 23.4 Å². The Hall–Kier alpha value is -2.47. The second-order valence-corrected chi connectivity index (χ2v) is 8.57. The summed E-state index contributed by atoms with van der Waals surface area (Å²) in [5, 5.41) is 12.7. The van der Waals surface area contributed by atoms with Crippen molar-refractivity contribution in [1.82, 2.24) is 0 Å². The molecule has 0 saturated carbocycles. The topological polar surface area (TPSA) is 35.7 Å². The molecule has 2 aliphatic heterocycles. The normalized spacial score (nSPS) is 20.4. The first-order valence-corrected chi connectivity index (χ1v) is 10.7. The molecule has 3 aromatic carbocycles. The van der Waals surface area contributed by atoms with E-state index in [1.165, 1.54) is 4.90 Å². The van der Waals surface area contributed by atoms with Gasteiger partial charge in [0, 0.05) is 10.6 Å². The number of hydrogen-bond acceptors (Lipinski definition) is 4. The number of methoxy groups -OCH3 is 1. The molecule has 2 heterocycles. The van der Waals surface area contributed by atoms with Gasteiger partial charge in [-0.2, -0.15) is 4.90 Å². The Morgan fingerprint density at radius 2 is 1.76 bits per heavy atom. The third-order valence-electron chi connectivity index (χ3n) is 5.47. The maximum absolute atomic E-state index is 12.0. The first-order valence-electron chi connectivity index (χ1n) is 9.38. The first kappa shape index (κ1) is 18.6. The van der Waals surface area contributed by atoms with E-state index in [9.17, 15) is 5.11 Å². The van der Waals surface area contributed by atoms with E-state index in [-0.39, 0.29) is 0 Å². The van der Waals surface area contributed by atoms with E-state index >= 15 is 0 Å². The van der Waals surface area contributed by atoms with Crippen LogP contribution < -0.4 is 9.64 Å². The fraction of sp³-hybridized carbons (Fsp3) is 0.174. The van der Waals surface area contributed by atoms with E-state index in [1.54, 1.807) is 18.9 Å². The molecule has 29 heavy (non-hydrogen) atoms. The quantitative estimate of drug-likeness (QED) is 0.610. The minimum Gasteiger partial charge on any atom is -0.497 e. The Labute approximate surface area is 179 Å². The van der Waals surface area contributed by atoms with E-state index in [2.05, 4.69) is 22.8 Å². The number of rotatable bonds is 3. The maximum atomic E-state index is 12.0. The summed E-state index contributed by atoms with van der Waals surface area (Å²) in [5.74, 6) is 2.63. The lowest BCUT2D eigenvalue weighted by molar-refractivity contribution is -0.453. The van der Waals surface area contributed by atoms with Gasteiger partial charge in [-0.05, 0) is 48.5 Å². The Morgan fingerprint density at radius 1 is 1.03 bits per heavy atom. The number of fused-ring (bicyclic) bond motifs is 2. The molecule has 146 valence electrons.